The average Bonchev–Trinajstić information content (AvgIpc) is 3.38. The van der Waals surface area contributed by atoms with Gasteiger partial charge in [-0.2, -0.15) is 0 Å². The Labute approximate surface area is 166 Å². The third kappa shape index (κ3) is 4.02. The lowest BCUT2D eigenvalue weighted by Crippen LogP contribution is -2.48. The van der Waals surface area contributed by atoms with Crippen LogP contribution in [0.25, 0.3) is 0 Å². The molecule has 6 heteroatoms. The summed E-state index contributed by atoms with van der Waals surface area (Å²) in [6.45, 7) is 8.10. The second kappa shape index (κ2) is 8.69. The molecule has 2 aliphatic rings. The van der Waals surface area contributed by atoms with Gasteiger partial charge < -0.3 is 9.47 Å². The molecule has 2 aromatic rings. The Morgan fingerprint density at radius 1 is 1.14 bits per heavy atom. The Hall–Kier alpha value is -2.47. The minimum absolute atomic E-state index is 0.0447. The lowest BCUT2D eigenvalue weighted by atomic mass is 9.95. The molecular formula is C22H29N5O. The second-order valence-corrected chi connectivity index (χ2v) is 7.81. The molecule has 0 unspecified atom stereocenters. The minimum atomic E-state index is 0.0447. The van der Waals surface area contributed by atoms with Crippen LogP contribution in [0.1, 0.15) is 43.0 Å². The van der Waals surface area contributed by atoms with Crippen molar-refractivity contribution >= 4 is 5.91 Å². The van der Waals surface area contributed by atoms with Crippen LogP contribution >= 0.6 is 0 Å². The van der Waals surface area contributed by atoms with Crippen LogP contribution in [0.4, 0.5) is 0 Å². The number of piperidine rings is 1. The zero-order chi connectivity index (χ0) is 19.3. The molecule has 2 aliphatic heterocycles. The molecule has 148 valence electrons. The van der Waals surface area contributed by atoms with Crippen LogP contribution < -0.4 is 0 Å². The molecular weight excluding hydrogens is 350 g/mol. The highest BCUT2D eigenvalue weighted by Crippen LogP contribution is 2.29. The van der Waals surface area contributed by atoms with E-state index in [9.17, 15) is 4.79 Å². The molecule has 4 rings (SSSR count). The summed E-state index contributed by atoms with van der Waals surface area (Å²) >= 11 is 0. The zero-order valence-corrected chi connectivity index (χ0v) is 16.4. The van der Waals surface area contributed by atoms with Crippen LogP contribution in [-0.4, -0.2) is 62.5 Å². The predicted octanol–water partition coefficient (Wildman–Crippen LogP) is 2.68. The topological polar surface area (TPSA) is 54.3 Å². The number of carbonyl (C=O) groups excluding carboxylic acids is 1. The van der Waals surface area contributed by atoms with Crippen molar-refractivity contribution in [3.8, 4) is 0 Å². The Morgan fingerprint density at radius 3 is 2.68 bits per heavy atom. The third-order valence-electron chi connectivity index (χ3n) is 6.03. The maximum absolute atomic E-state index is 13.0. The van der Waals surface area contributed by atoms with Crippen LogP contribution in [-0.2, 0) is 11.3 Å². The van der Waals surface area contributed by atoms with Crippen LogP contribution in [0.5, 0.6) is 0 Å². The first-order valence-corrected chi connectivity index (χ1v) is 10.3. The summed E-state index contributed by atoms with van der Waals surface area (Å²) < 4.78 is 2.24. The first kappa shape index (κ1) is 18.9. The van der Waals surface area contributed by atoms with Crippen molar-refractivity contribution in [2.45, 2.75) is 44.2 Å². The van der Waals surface area contributed by atoms with Gasteiger partial charge >= 0.3 is 0 Å². The number of likely N-dealkylation sites (tertiary alicyclic amines) is 2. The molecule has 0 saturated carbocycles. The molecule has 2 aromatic heterocycles. The van der Waals surface area contributed by atoms with Gasteiger partial charge in [-0.3, -0.25) is 14.7 Å². The van der Waals surface area contributed by atoms with E-state index >= 15 is 0 Å². The SMILES string of the molecule is C=CCN1CCC[C@H]1C(=O)N1CCC(c2nccn2Cc2ccncc2)CC1. The van der Waals surface area contributed by atoms with Crippen LogP contribution in [0.15, 0.2) is 49.6 Å². The van der Waals surface area contributed by atoms with E-state index in [-0.39, 0.29) is 6.04 Å². The number of hydrogen-bond acceptors (Lipinski definition) is 4. The first-order chi connectivity index (χ1) is 13.8. The highest BCUT2D eigenvalue weighted by molar-refractivity contribution is 5.82. The molecule has 0 N–H and O–H groups in total. The summed E-state index contributed by atoms with van der Waals surface area (Å²) in [6.07, 6.45) is 13.5. The molecule has 0 radical (unpaired) electrons. The van der Waals surface area contributed by atoms with Crippen molar-refractivity contribution in [2.24, 2.45) is 0 Å². The number of hydrogen-bond donors (Lipinski definition) is 0. The van der Waals surface area contributed by atoms with Crippen molar-refractivity contribution in [1.82, 2.24) is 24.3 Å². The van der Waals surface area contributed by atoms with Crippen LogP contribution in [0.3, 0.4) is 0 Å². The van der Waals surface area contributed by atoms with Crippen molar-refractivity contribution in [1.29, 1.82) is 0 Å². The fraction of sp³-hybridized carbons (Fsp3) is 0.500. The highest BCUT2D eigenvalue weighted by Gasteiger charge is 2.35. The standard InChI is InChI=1S/C22H29N5O/c1-2-12-25-13-3-4-20(25)22(28)26-14-7-19(8-15-26)21-24-11-16-27(21)17-18-5-9-23-10-6-18/h2,5-6,9-11,16,19-20H,1,3-4,7-8,12-15,17H2/t20-/m0/s1. The van der Waals surface area contributed by atoms with Gasteiger partial charge in [0.2, 0.25) is 5.91 Å². The number of pyridine rings is 1. The van der Waals surface area contributed by atoms with E-state index < -0.39 is 0 Å². The summed E-state index contributed by atoms with van der Waals surface area (Å²) in [6, 6.07) is 4.13. The predicted molar refractivity (Wildman–Crippen MR) is 109 cm³/mol. The van der Waals surface area contributed by atoms with Gasteiger partial charge in [0.1, 0.15) is 5.82 Å². The number of aromatic nitrogens is 3. The van der Waals surface area contributed by atoms with Gasteiger partial charge in [-0.15, -0.1) is 6.58 Å². The largest absolute Gasteiger partial charge is 0.341 e. The summed E-state index contributed by atoms with van der Waals surface area (Å²) in [7, 11) is 0. The van der Waals surface area contributed by atoms with Crippen molar-refractivity contribution in [3.63, 3.8) is 0 Å². The van der Waals surface area contributed by atoms with E-state index in [1.807, 2.05) is 36.8 Å². The van der Waals surface area contributed by atoms with E-state index in [0.29, 0.717) is 11.8 Å². The summed E-state index contributed by atoms with van der Waals surface area (Å²) in [5.74, 6) is 1.85. The maximum Gasteiger partial charge on any atom is 0.239 e. The number of rotatable bonds is 6. The van der Waals surface area contributed by atoms with E-state index in [4.69, 9.17) is 0 Å². The van der Waals surface area contributed by atoms with Gasteiger partial charge in [0.25, 0.3) is 0 Å². The summed E-state index contributed by atoms with van der Waals surface area (Å²) in [5, 5.41) is 0. The molecule has 0 bridgehead atoms. The van der Waals surface area contributed by atoms with Gasteiger partial charge in [-0.05, 0) is 49.9 Å². The molecule has 28 heavy (non-hydrogen) atoms. The zero-order valence-electron chi connectivity index (χ0n) is 16.4. The van der Waals surface area contributed by atoms with E-state index in [2.05, 4.69) is 37.1 Å². The molecule has 0 spiro atoms. The quantitative estimate of drug-likeness (QED) is 0.724. The molecule has 1 amide bonds. The Balaban J connectivity index is 1.36. The molecule has 0 aliphatic carbocycles. The highest BCUT2D eigenvalue weighted by atomic mass is 16.2. The van der Waals surface area contributed by atoms with E-state index in [0.717, 1.165) is 64.2 Å². The summed E-state index contributed by atoms with van der Waals surface area (Å²) in [5.41, 5.74) is 1.23. The molecule has 2 saturated heterocycles. The van der Waals surface area contributed by atoms with Crippen molar-refractivity contribution < 1.29 is 4.79 Å². The second-order valence-electron chi connectivity index (χ2n) is 7.81. The Kier molecular flexibility index (Phi) is 5.86. The van der Waals surface area contributed by atoms with Gasteiger partial charge in [-0.25, -0.2) is 4.98 Å². The normalized spacial score (nSPS) is 21.1. The fourth-order valence-electron chi connectivity index (χ4n) is 4.56. The molecule has 1 atom stereocenters. The molecule has 4 heterocycles. The van der Waals surface area contributed by atoms with E-state index in [1.165, 1.54) is 5.56 Å². The maximum atomic E-state index is 13.0. The lowest BCUT2D eigenvalue weighted by molar-refractivity contribution is -0.136. The van der Waals surface area contributed by atoms with Gasteiger partial charge in [0, 0.05) is 56.9 Å². The lowest BCUT2D eigenvalue weighted by Gasteiger charge is -2.35. The fourth-order valence-corrected chi connectivity index (χ4v) is 4.56. The monoisotopic (exact) mass is 379 g/mol. The molecule has 2 fully saturated rings. The van der Waals surface area contributed by atoms with Crippen molar-refractivity contribution in [3.05, 3.63) is 61.0 Å². The number of nitrogens with zero attached hydrogens (tertiary/aromatic N) is 5. The Bertz CT molecular complexity index is 794. The average molecular weight is 380 g/mol. The van der Waals surface area contributed by atoms with E-state index in [1.54, 1.807) is 0 Å². The molecule has 0 aromatic carbocycles. The van der Waals surface area contributed by atoms with Crippen LogP contribution in [0.2, 0.25) is 0 Å². The smallest absolute Gasteiger partial charge is 0.239 e. The van der Waals surface area contributed by atoms with Gasteiger partial charge in [0.15, 0.2) is 0 Å². The minimum Gasteiger partial charge on any atom is -0.341 e. The van der Waals surface area contributed by atoms with Gasteiger partial charge in [-0.1, -0.05) is 6.08 Å². The number of carbonyl (C=O) groups is 1. The Morgan fingerprint density at radius 2 is 1.93 bits per heavy atom. The van der Waals surface area contributed by atoms with Crippen molar-refractivity contribution in [2.75, 3.05) is 26.2 Å². The summed E-state index contributed by atoms with van der Waals surface area (Å²) in [4.78, 5) is 26.1. The first-order valence-electron chi connectivity index (χ1n) is 10.3. The third-order valence-corrected chi connectivity index (χ3v) is 6.03. The van der Waals surface area contributed by atoms with Crippen LogP contribution in [0, 0.1) is 0 Å². The number of imidazole rings is 1. The molecule has 6 nitrogen and oxygen atoms in total. The van der Waals surface area contributed by atoms with Gasteiger partial charge in [0.05, 0.1) is 6.04 Å². The number of amides is 1.